The van der Waals surface area contributed by atoms with Crippen LogP contribution in [0.25, 0.3) is 0 Å². The lowest BCUT2D eigenvalue weighted by molar-refractivity contribution is -0.132. The van der Waals surface area contributed by atoms with Crippen LogP contribution in [0, 0.1) is 0 Å². The van der Waals surface area contributed by atoms with Crippen molar-refractivity contribution < 1.29 is 9.90 Å². The lowest BCUT2D eigenvalue weighted by Crippen LogP contribution is -2.31. The van der Waals surface area contributed by atoms with Crippen molar-refractivity contribution in [3.63, 3.8) is 0 Å². The predicted molar refractivity (Wildman–Crippen MR) is 100 cm³/mol. The fourth-order valence-electron chi connectivity index (χ4n) is 3.16. The highest BCUT2D eigenvalue weighted by atomic mass is 28.3. The SMILES string of the molecule is C=CC[SiH](CCCCC)C(C=C(C)C(=O)O)(CC=C)CC=C. The molecule has 0 saturated heterocycles. The van der Waals surface area contributed by atoms with Crippen LogP contribution in [0.5, 0.6) is 0 Å². The molecule has 0 fully saturated rings. The number of hydrogen-bond acceptors (Lipinski definition) is 1. The van der Waals surface area contributed by atoms with Gasteiger partial charge in [0.2, 0.25) is 0 Å². The van der Waals surface area contributed by atoms with E-state index in [4.69, 9.17) is 0 Å². The Labute approximate surface area is 137 Å². The number of allylic oxidation sites excluding steroid dienone is 4. The van der Waals surface area contributed by atoms with E-state index in [9.17, 15) is 9.90 Å². The molecule has 1 N–H and O–H groups in total. The van der Waals surface area contributed by atoms with Gasteiger partial charge in [-0.25, -0.2) is 4.79 Å². The van der Waals surface area contributed by atoms with Crippen molar-refractivity contribution in [3.8, 4) is 0 Å². The second-order valence-corrected chi connectivity index (χ2v) is 9.66. The van der Waals surface area contributed by atoms with Crippen LogP contribution in [-0.2, 0) is 4.79 Å². The van der Waals surface area contributed by atoms with Gasteiger partial charge in [0.05, 0.1) is 8.80 Å². The summed E-state index contributed by atoms with van der Waals surface area (Å²) in [6.07, 6.45) is 13.2. The molecule has 0 aromatic heterocycles. The molecule has 0 heterocycles. The number of aliphatic carboxylic acids is 1. The van der Waals surface area contributed by atoms with Gasteiger partial charge < -0.3 is 5.11 Å². The van der Waals surface area contributed by atoms with Crippen molar-refractivity contribution in [1.82, 2.24) is 0 Å². The van der Waals surface area contributed by atoms with Gasteiger partial charge in [-0.1, -0.05) is 56.5 Å². The summed E-state index contributed by atoms with van der Waals surface area (Å²) in [7, 11) is -1.25. The predicted octanol–water partition coefficient (Wildman–Crippen LogP) is 5.51. The monoisotopic (exact) mass is 320 g/mol. The van der Waals surface area contributed by atoms with Gasteiger partial charge in [0.25, 0.3) is 0 Å². The van der Waals surface area contributed by atoms with E-state index in [0.717, 1.165) is 18.9 Å². The molecular weight excluding hydrogens is 288 g/mol. The molecule has 0 aliphatic carbocycles. The Morgan fingerprint density at radius 3 is 2.14 bits per heavy atom. The Kier molecular flexibility index (Phi) is 10.6. The third-order valence-corrected chi connectivity index (χ3v) is 8.58. The normalized spacial score (nSPS) is 13.5. The first kappa shape index (κ1) is 20.6. The molecule has 0 aliphatic heterocycles. The fourth-order valence-corrected chi connectivity index (χ4v) is 7.11. The maximum absolute atomic E-state index is 11.3. The summed E-state index contributed by atoms with van der Waals surface area (Å²) in [5.74, 6) is -0.836. The van der Waals surface area contributed by atoms with Gasteiger partial charge in [0.15, 0.2) is 0 Å². The standard InChI is InChI=1S/C19H32O2Si/c1-6-10-11-15-22(14-9-4)19(12-7-2,13-8-3)16-17(5)18(20)21/h7-9,16,22H,2-4,6,10-15H2,1,5H3,(H,20,21). The van der Waals surface area contributed by atoms with Crippen molar-refractivity contribution in [2.75, 3.05) is 0 Å². The first-order chi connectivity index (χ1) is 10.5. The van der Waals surface area contributed by atoms with Crippen LogP contribution in [0.2, 0.25) is 17.1 Å². The molecule has 3 heteroatoms. The smallest absolute Gasteiger partial charge is 0.330 e. The van der Waals surface area contributed by atoms with Gasteiger partial charge in [-0.2, -0.15) is 0 Å². The van der Waals surface area contributed by atoms with Crippen LogP contribution >= 0.6 is 0 Å². The molecule has 0 radical (unpaired) electrons. The minimum atomic E-state index is -1.25. The molecular formula is C19H32O2Si. The molecule has 22 heavy (non-hydrogen) atoms. The molecule has 0 rings (SSSR count). The van der Waals surface area contributed by atoms with E-state index < -0.39 is 14.8 Å². The molecule has 2 nitrogen and oxygen atoms in total. The molecule has 0 aliphatic rings. The van der Waals surface area contributed by atoms with E-state index in [1.807, 2.05) is 24.3 Å². The van der Waals surface area contributed by atoms with Gasteiger partial charge in [0, 0.05) is 5.57 Å². The van der Waals surface area contributed by atoms with Crippen LogP contribution < -0.4 is 0 Å². The highest BCUT2D eigenvalue weighted by molar-refractivity contribution is 6.63. The molecule has 124 valence electrons. The summed E-state index contributed by atoms with van der Waals surface area (Å²) in [4.78, 5) is 11.3. The topological polar surface area (TPSA) is 37.3 Å². The maximum Gasteiger partial charge on any atom is 0.330 e. The van der Waals surface area contributed by atoms with Crippen molar-refractivity contribution in [3.05, 3.63) is 49.6 Å². The van der Waals surface area contributed by atoms with E-state index in [1.54, 1.807) is 6.92 Å². The summed E-state index contributed by atoms with van der Waals surface area (Å²) in [5.41, 5.74) is 0.431. The minimum absolute atomic E-state index is 0.0894. The summed E-state index contributed by atoms with van der Waals surface area (Å²) >= 11 is 0. The molecule has 0 aromatic carbocycles. The van der Waals surface area contributed by atoms with Crippen molar-refractivity contribution >= 4 is 14.8 Å². The number of unbranched alkanes of at least 4 members (excludes halogenated alkanes) is 2. The van der Waals surface area contributed by atoms with Gasteiger partial charge >= 0.3 is 5.97 Å². The third kappa shape index (κ3) is 6.61. The van der Waals surface area contributed by atoms with Crippen molar-refractivity contribution in [2.24, 2.45) is 0 Å². The zero-order chi connectivity index (χ0) is 17.0. The Bertz CT molecular complexity index is 400. The lowest BCUT2D eigenvalue weighted by Gasteiger charge is -2.37. The molecule has 0 amide bonds. The fraction of sp³-hybridized carbons (Fsp3) is 0.526. The molecule has 1 atom stereocenters. The highest BCUT2D eigenvalue weighted by Gasteiger charge is 2.35. The first-order valence-corrected chi connectivity index (χ1v) is 10.4. The average Bonchev–Trinajstić information content (AvgIpc) is 2.46. The first-order valence-electron chi connectivity index (χ1n) is 8.22. The quantitative estimate of drug-likeness (QED) is 0.210. The van der Waals surface area contributed by atoms with Crippen LogP contribution in [0.3, 0.4) is 0 Å². The zero-order valence-corrected chi connectivity index (χ0v) is 15.5. The van der Waals surface area contributed by atoms with Crippen LogP contribution in [-0.4, -0.2) is 19.9 Å². The van der Waals surface area contributed by atoms with Gasteiger partial charge in [-0.3, -0.25) is 0 Å². The third-order valence-electron chi connectivity index (χ3n) is 4.31. The molecule has 0 bridgehead atoms. The second-order valence-electron chi connectivity index (χ2n) is 6.07. The molecule has 0 spiro atoms. The summed E-state index contributed by atoms with van der Waals surface area (Å²) < 4.78 is 0. The molecule has 1 unspecified atom stereocenters. The van der Waals surface area contributed by atoms with Crippen LogP contribution in [0.15, 0.2) is 49.6 Å². The van der Waals surface area contributed by atoms with E-state index in [0.29, 0.717) is 5.57 Å². The minimum Gasteiger partial charge on any atom is -0.478 e. The maximum atomic E-state index is 11.3. The Balaban J connectivity index is 5.65. The van der Waals surface area contributed by atoms with E-state index in [2.05, 4.69) is 26.7 Å². The number of carboxylic acid groups (broad SMARTS) is 1. The molecule has 0 saturated carbocycles. The second kappa shape index (κ2) is 11.2. The Hall–Kier alpha value is -1.35. The number of hydrogen-bond donors (Lipinski definition) is 1. The highest BCUT2D eigenvalue weighted by Crippen LogP contribution is 2.45. The lowest BCUT2D eigenvalue weighted by atomic mass is 9.97. The van der Waals surface area contributed by atoms with Crippen LogP contribution in [0.1, 0.15) is 46.0 Å². The average molecular weight is 321 g/mol. The van der Waals surface area contributed by atoms with Gasteiger partial charge in [-0.05, 0) is 30.8 Å². The van der Waals surface area contributed by atoms with E-state index in [-0.39, 0.29) is 5.04 Å². The molecule has 0 aromatic rings. The number of carboxylic acids is 1. The van der Waals surface area contributed by atoms with Gasteiger partial charge in [0.1, 0.15) is 0 Å². The summed E-state index contributed by atoms with van der Waals surface area (Å²) in [5, 5.41) is 9.19. The van der Waals surface area contributed by atoms with Crippen molar-refractivity contribution in [1.29, 1.82) is 0 Å². The zero-order valence-electron chi connectivity index (χ0n) is 14.3. The summed E-state index contributed by atoms with van der Waals surface area (Å²) in [6.45, 7) is 15.6. The number of rotatable bonds is 13. The Morgan fingerprint density at radius 1 is 1.14 bits per heavy atom. The largest absolute Gasteiger partial charge is 0.478 e. The number of carbonyl (C=O) groups is 1. The van der Waals surface area contributed by atoms with Crippen LogP contribution in [0.4, 0.5) is 0 Å². The van der Waals surface area contributed by atoms with Crippen molar-refractivity contribution in [2.45, 2.75) is 63.1 Å². The van der Waals surface area contributed by atoms with Gasteiger partial charge in [-0.15, -0.1) is 19.7 Å². The Morgan fingerprint density at radius 2 is 1.73 bits per heavy atom. The summed E-state index contributed by atoms with van der Waals surface area (Å²) in [6, 6.07) is 2.24. The van der Waals surface area contributed by atoms with E-state index in [1.165, 1.54) is 25.3 Å². The van der Waals surface area contributed by atoms with E-state index >= 15 is 0 Å².